The Morgan fingerprint density at radius 2 is 2.00 bits per heavy atom. The second kappa shape index (κ2) is 5.72. The third kappa shape index (κ3) is 3.33. The van der Waals surface area contributed by atoms with Gasteiger partial charge in [0.05, 0.1) is 0 Å². The summed E-state index contributed by atoms with van der Waals surface area (Å²) in [5.74, 6) is -0.641. The van der Waals surface area contributed by atoms with Gasteiger partial charge >= 0.3 is 0 Å². The van der Waals surface area contributed by atoms with Crippen molar-refractivity contribution in [3.63, 3.8) is 0 Å². The first-order chi connectivity index (χ1) is 8.97. The van der Waals surface area contributed by atoms with Gasteiger partial charge < -0.3 is 4.90 Å². The molecule has 0 aromatic heterocycles. The minimum atomic E-state index is -0.385. The third-order valence-corrected chi connectivity index (χ3v) is 3.29. The molecule has 5 heteroatoms. The van der Waals surface area contributed by atoms with Crippen LogP contribution in [0.1, 0.15) is 10.4 Å². The normalized spacial score (nSPS) is 10.3. The van der Waals surface area contributed by atoms with Gasteiger partial charge in [-0.1, -0.05) is 33.6 Å². The highest BCUT2D eigenvalue weighted by atomic mass is 79.9. The predicted molar refractivity (Wildman–Crippen MR) is 78.3 cm³/mol. The molecule has 2 rings (SSSR count). The summed E-state index contributed by atoms with van der Waals surface area (Å²) in [6.45, 7) is 0. The summed E-state index contributed by atoms with van der Waals surface area (Å²) in [6.07, 6.45) is 0. The first kappa shape index (κ1) is 14.0. The smallest absolute Gasteiger partial charge is 0.258 e. The zero-order chi connectivity index (χ0) is 14.0. The Morgan fingerprint density at radius 3 is 2.63 bits per heavy atom. The van der Waals surface area contributed by atoms with Crippen LogP contribution in [0.2, 0.25) is 5.02 Å². The molecule has 0 saturated carbocycles. The number of anilines is 1. The van der Waals surface area contributed by atoms with Crippen molar-refractivity contribution in [3.8, 4) is 0 Å². The van der Waals surface area contributed by atoms with Crippen LogP contribution < -0.4 is 4.90 Å². The largest absolute Gasteiger partial charge is 0.311 e. The average molecular weight is 343 g/mol. The van der Waals surface area contributed by atoms with E-state index in [0.29, 0.717) is 16.3 Å². The van der Waals surface area contributed by atoms with Crippen LogP contribution in [-0.4, -0.2) is 13.0 Å². The molecule has 0 unspecified atom stereocenters. The summed E-state index contributed by atoms with van der Waals surface area (Å²) in [4.78, 5) is 13.7. The van der Waals surface area contributed by atoms with Gasteiger partial charge in [0.15, 0.2) is 0 Å². The number of hydrogen-bond acceptors (Lipinski definition) is 1. The molecule has 0 heterocycles. The lowest BCUT2D eigenvalue weighted by Crippen LogP contribution is -2.26. The number of benzene rings is 2. The molecule has 0 spiro atoms. The van der Waals surface area contributed by atoms with E-state index >= 15 is 0 Å². The van der Waals surface area contributed by atoms with Crippen LogP contribution in [0.15, 0.2) is 46.9 Å². The highest BCUT2D eigenvalue weighted by Gasteiger charge is 2.15. The van der Waals surface area contributed by atoms with Crippen molar-refractivity contribution < 1.29 is 9.18 Å². The molecule has 0 bridgehead atoms. The van der Waals surface area contributed by atoms with E-state index in [1.807, 2.05) is 0 Å². The predicted octanol–water partition coefficient (Wildman–Crippen LogP) is 4.52. The lowest BCUT2D eigenvalue weighted by molar-refractivity contribution is 0.0993. The highest BCUT2D eigenvalue weighted by molar-refractivity contribution is 9.10. The first-order valence-electron chi connectivity index (χ1n) is 5.47. The summed E-state index contributed by atoms with van der Waals surface area (Å²) in [6, 6.07) is 10.8. The van der Waals surface area contributed by atoms with E-state index in [4.69, 9.17) is 11.6 Å². The quantitative estimate of drug-likeness (QED) is 0.786. The number of carbonyl (C=O) groups is 1. The Morgan fingerprint density at radius 1 is 1.26 bits per heavy atom. The number of nitrogens with zero attached hydrogens (tertiary/aromatic N) is 1. The maximum absolute atomic E-state index is 13.2. The molecule has 0 saturated heterocycles. The van der Waals surface area contributed by atoms with E-state index in [1.165, 1.54) is 17.0 Å². The molecule has 19 heavy (non-hydrogen) atoms. The molecular weight excluding hydrogens is 333 g/mol. The van der Waals surface area contributed by atoms with Crippen molar-refractivity contribution in [2.45, 2.75) is 0 Å². The number of halogens is 3. The van der Waals surface area contributed by atoms with E-state index < -0.39 is 0 Å². The average Bonchev–Trinajstić information content (AvgIpc) is 2.36. The molecule has 2 aromatic rings. The van der Waals surface area contributed by atoms with Crippen molar-refractivity contribution in [2.24, 2.45) is 0 Å². The lowest BCUT2D eigenvalue weighted by Gasteiger charge is -2.17. The molecule has 0 N–H and O–H groups in total. The Hall–Kier alpha value is -1.39. The number of hydrogen-bond donors (Lipinski definition) is 0. The van der Waals surface area contributed by atoms with Crippen LogP contribution in [0, 0.1) is 5.82 Å². The van der Waals surface area contributed by atoms with Crippen LogP contribution in [0.25, 0.3) is 0 Å². The van der Waals surface area contributed by atoms with Crippen molar-refractivity contribution in [3.05, 3.63) is 63.3 Å². The Balaban J connectivity index is 2.33. The molecule has 0 aliphatic heterocycles. The fourth-order valence-electron chi connectivity index (χ4n) is 1.67. The molecule has 98 valence electrons. The lowest BCUT2D eigenvalue weighted by atomic mass is 10.2. The standard InChI is InChI=1S/C14H10BrClFNO/c1-18(13-4-2-3-12(17)8-13)14(19)9-5-10(15)7-11(16)6-9/h2-8H,1H3. The number of amides is 1. The molecule has 0 aliphatic carbocycles. The Kier molecular flexibility index (Phi) is 4.22. The van der Waals surface area contributed by atoms with Gasteiger partial charge in [-0.05, 0) is 36.4 Å². The van der Waals surface area contributed by atoms with Gasteiger partial charge in [-0.3, -0.25) is 4.79 Å². The first-order valence-corrected chi connectivity index (χ1v) is 6.64. The van der Waals surface area contributed by atoms with Crippen LogP contribution in [0.5, 0.6) is 0 Å². The van der Waals surface area contributed by atoms with Gasteiger partial charge in [0.2, 0.25) is 0 Å². The van der Waals surface area contributed by atoms with Gasteiger partial charge in [0.1, 0.15) is 5.82 Å². The molecule has 1 amide bonds. The van der Waals surface area contributed by atoms with E-state index in [0.717, 1.165) is 4.47 Å². The summed E-state index contributed by atoms with van der Waals surface area (Å²) in [5, 5.41) is 0.463. The molecular formula is C14H10BrClFNO. The van der Waals surface area contributed by atoms with Crippen molar-refractivity contribution in [1.29, 1.82) is 0 Å². The van der Waals surface area contributed by atoms with Crippen molar-refractivity contribution in [2.75, 3.05) is 11.9 Å². The van der Waals surface area contributed by atoms with Crippen LogP contribution >= 0.6 is 27.5 Å². The zero-order valence-electron chi connectivity index (χ0n) is 10.0. The summed E-state index contributed by atoms with van der Waals surface area (Å²) < 4.78 is 13.9. The number of rotatable bonds is 2. The second-order valence-corrected chi connectivity index (χ2v) is 5.35. The van der Waals surface area contributed by atoms with E-state index in [1.54, 1.807) is 37.4 Å². The van der Waals surface area contributed by atoms with E-state index in [9.17, 15) is 9.18 Å². The Labute approximate surface area is 123 Å². The zero-order valence-corrected chi connectivity index (χ0v) is 12.4. The van der Waals surface area contributed by atoms with Gasteiger partial charge in [0, 0.05) is 27.8 Å². The fourth-order valence-corrected chi connectivity index (χ4v) is 2.53. The van der Waals surface area contributed by atoms with Gasteiger partial charge in [0.25, 0.3) is 5.91 Å². The van der Waals surface area contributed by atoms with Gasteiger partial charge in [-0.15, -0.1) is 0 Å². The van der Waals surface area contributed by atoms with Gasteiger partial charge in [-0.25, -0.2) is 4.39 Å². The fraction of sp³-hybridized carbons (Fsp3) is 0.0714. The minimum absolute atomic E-state index is 0.256. The number of carbonyl (C=O) groups excluding carboxylic acids is 1. The molecule has 2 aromatic carbocycles. The van der Waals surface area contributed by atoms with E-state index in [2.05, 4.69) is 15.9 Å². The third-order valence-electron chi connectivity index (χ3n) is 2.61. The summed E-state index contributed by atoms with van der Waals surface area (Å²) >= 11 is 9.19. The van der Waals surface area contributed by atoms with Gasteiger partial charge in [-0.2, -0.15) is 0 Å². The van der Waals surface area contributed by atoms with Crippen molar-refractivity contribution >= 4 is 39.1 Å². The van der Waals surface area contributed by atoms with Crippen LogP contribution in [-0.2, 0) is 0 Å². The van der Waals surface area contributed by atoms with E-state index in [-0.39, 0.29) is 11.7 Å². The topological polar surface area (TPSA) is 20.3 Å². The molecule has 0 radical (unpaired) electrons. The van der Waals surface area contributed by atoms with Crippen molar-refractivity contribution in [1.82, 2.24) is 0 Å². The van der Waals surface area contributed by atoms with Crippen LogP contribution in [0.4, 0.5) is 10.1 Å². The highest BCUT2D eigenvalue weighted by Crippen LogP contribution is 2.22. The maximum Gasteiger partial charge on any atom is 0.258 e. The SMILES string of the molecule is CN(C(=O)c1cc(Cl)cc(Br)c1)c1cccc(F)c1. The Bertz CT molecular complexity index is 612. The van der Waals surface area contributed by atoms with Crippen LogP contribution in [0.3, 0.4) is 0 Å². The molecule has 0 fully saturated rings. The minimum Gasteiger partial charge on any atom is -0.311 e. The summed E-state index contributed by atoms with van der Waals surface area (Å²) in [5.41, 5.74) is 0.923. The monoisotopic (exact) mass is 341 g/mol. The summed E-state index contributed by atoms with van der Waals surface area (Å²) in [7, 11) is 1.59. The molecule has 0 atom stereocenters. The maximum atomic E-state index is 13.2. The molecule has 2 nitrogen and oxygen atoms in total. The molecule has 0 aliphatic rings. The second-order valence-electron chi connectivity index (χ2n) is 4.00.